The summed E-state index contributed by atoms with van der Waals surface area (Å²) in [5, 5.41) is 9.36. The molecule has 1 aromatic heterocycles. The predicted molar refractivity (Wildman–Crippen MR) is 70.1 cm³/mol. The van der Waals surface area contributed by atoms with Gasteiger partial charge in [0.1, 0.15) is 5.56 Å². The van der Waals surface area contributed by atoms with Crippen molar-refractivity contribution in [3.05, 3.63) is 45.7 Å². The summed E-state index contributed by atoms with van der Waals surface area (Å²) in [5.74, 6) is -1.20. The van der Waals surface area contributed by atoms with Crippen molar-refractivity contribution in [2.24, 2.45) is 0 Å². The van der Waals surface area contributed by atoms with E-state index in [9.17, 15) is 9.59 Å². The van der Waals surface area contributed by atoms with E-state index in [1.54, 1.807) is 6.07 Å². The zero-order valence-corrected chi connectivity index (χ0v) is 10.2. The molecule has 2 rings (SSSR count). The lowest BCUT2D eigenvalue weighted by Gasteiger charge is -2.03. The van der Waals surface area contributed by atoms with Gasteiger partial charge in [0.2, 0.25) is 5.43 Å². The summed E-state index contributed by atoms with van der Waals surface area (Å²) in [4.78, 5) is 25.7. The molecule has 0 aliphatic carbocycles. The van der Waals surface area contributed by atoms with Crippen molar-refractivity contribution in [2.75, 3.05) is 0 Å². The van der Waals surface area contributed by atoms with E-state index in [0.717, 1.165) is 24.8 Å². The van der Waals surface area contributed by atoms with E-state index in [-0.39, 0.29) is 5.56 Å². The van der Waals surface area contributed by atoms with Crippen molar-refractivity contribution in [3.63, 3.8) is 0 Å². The van der Waals surface area contributed by atoms with Crippen molar-refractivity contribution in [1.82, 2.24) is 4.98 Å². The van der Waals surface area contributed by atoms with Gasteiger partial charge in [-0.3, -0.25) is 4.79 Å². The number of carboxylic acids is 1. The lowest BCUT2D eigenvalue weighted by atomic mass is 10.0. The van der Waals surface area contributed by atoms with Gasteiger partial charge in [-0.1, -0.05) is 19.4 Å². The van der Waals surface area contributed by atoms with Crippen LogP contribution in [0.2, 0.25) is 0 Å². The first-order valence-corrected chi connectivity index (χ1v) is 6.01. The van der Waals surface area contributed by atoms with Gasteiger partial charge < -0.3 is 10.1 Å². The molecule has 1 aromatic carbocycles. The number of carboxylic acid groups (broad SMARTS) is 1. The second-order valence-corrected chi connectivity index (χ2v) is 4.32. The Morgan fingerprint density at radius 1 is 1.39 bits per heavy atom. The molecule has 0 atom stereocenters. The SMILES string of the molecule is CCCCc1ccc2[nH]cc(C(=O)O)c(=O)c2c1. The molecule has 0 bridgehead atoms. The quantitative estimate of drug-likeness (QED) is 0.869. The Kier molecular flexibility index (Phi) is 3.46. The van der Waals surface area contributed by atoms with Gasteiger partial charge in [0.05, 0.1) is 0 Å². The zero-order valence-electron chi connectivity index (χ0n) is 10.2. The van der Waals surface area contributed by atoms with E-state index in [1.165, 1.54) is 6.20 Å². The summed E-state index contributed by atoms with van der Waals surface area (Å²) in [6, 6.07) is 5.58. The normalized spacial score (nSPS) is 10.7. The Hall–Kier alpha value is -2.10. The highest BCUT2D eigenvalue weighted by Crippen LogP contribution is 2.13. The van der Waals surface area contributed by atoms with Crippen molar-refractivity contribution in [3.8, 4) is 0 Å². The minimum atomic E-state index is -1.20. The van der Waals surface area contributed by atoms with Crippen molar-refractivity contribution in [2.45, 2.75) is 26.2 Å². The van der Waals surface area contributed by atoms with Crippen LogP contribution in [-0.4, -0.2) is 16.1 Å². The maximum Gasteiger partial charge on any atom is 0.341 e. The third-order valence-corrected chi connectivity index (χ3v) is 2.99. The van der Waals surface area contributed by atoms with E-state index in [4.69, 9.17) is 5.11 Å². The van der Waals surface area contributed by atoms with Crippen molar-refractivity contribution < 1.29 is 9.90 Å². The number of pyridine rings is 1. The van der Waals surface area contributed by atoms with Crippen LogP contribution in [-0.2, 0) is 6.42 Å². The minimum absolute atomic E-state index is 0.213. The molecule has 4 heteroatoms. The fourth-order valence-corrected chi connectivity index (χ4v) is 1.96. The first-order chi connectivity index (χ1) is 8.63. The molecule has 0 amide bonds. The molecule has 0 saturated carbocycles. The molecular weight excluding hydrogens is 230 g/mol. The number of H-pyrrole nitrogens is 1. The molecule has 0 spiro atoms. The number of hydrogen-bond acceptors (Lipinski definition) is 2. The number of aromatic amines is 1. The van der Waals surface area contributed by atoms with Gasteiger partial charge >= 0.3 is 5.97 Å². The number of rotatable bonds is 4. The van der Waals surface area contributed by atoms with Crippen LogP contribution in [0.25, 0.3) is 10.9 Å². The van der Waals surface area contributed by atoms with Gasteiger partial charge in [-0.25, -0.2) is 4.79 Å². The summed E-state index contributed by atoms with van der Waals surface area (Å²) in [6.45, 7) is 2.11. The standard InChI is InChI=1S/C14H15NO3/c1-2-3-4-9-5-6-12-10(7-9)13(16)11(8-15-12)14(17)18/h5-8H,2-4H2,1H3,(H,15,16)(H,17,18). The average molecular weight is 245 g/mol. The maximum atomic E-state index is 12.0. The van der Waals surface area contributed by atoms with Crippen molar-refractivity contribution >= 4 is 16.9 Å². The van der Waals surface area contributed by atoms with Crippen LogP contribution in [0.3, 0.4) is 0 Å². The van der Waals surface area contributed by atoms with Gasteiger partial charge in [-0.05, 0) is 30.5 Å². The van der Waals surface area contributed by atoms with Gasteiger partial charge in [0, 0.05) is 17.1 Å². The molecule has 0 saturated heterocycles. The number of benzene rings is 1. The Bertz CT molecular complexity index is 643. The average Bonchev–Trinajstić information content (AvgIpc) is 2.36. The van der Waals surface area contributed by atoms with Crippen LogP contribution in [0.4, 0.5) is 0 Å². The third-order valence-electron chi connectivity index (χ3n) is 2.99. The highest BCUT2D eigenvalue weighted by atomic mass is 16.4. The molecule has 1 heterocycles. The topological polar surface area (TPSA) is 70.2 Å². The van der Waals surface area contributed by atoms with Gasteiger partial charge in [0.15, 0.2) is 0 Å². The molecule has 0 aliphatic rings. The predicted octanol–water partition coefficient (Wildman–Crippen LogP) is 2.57. The van der Waals surface area contributed by atoms with Crippen LogP contribution >= 0.6 is 0 Å². The van der Waals surface area contributed by atoms with Crippen LogP contribution in [0.15, 0.2) is 29.2 Å². The van der Waals surface area contributed by atoms with Gasteiger partial charge in [-0.15, -0.1) is 0 Å². The number of aromatic nitrogens is 1. The van der Waals surface area contributed by atoms with E-state index in [2.05, 4.69) is 11.9 Å². The number of unbranched alkanes of at least 4 members (excludes halogenated alkanes) is 1. The maximum absolute atomic E-state index is 12.0. The second-order valence-electron chi connectivity index (χ2n) is 4.32. The Labute approximate surface area is 104 Å². The van der Waals surface area contributed by atoms with E-state index in [0.29, 0.717) is 10.9 Å². The zero-order chi connectivity index (χ0) is 13.1. The number of aromatic carboxylic acids is 1. The molecule has 0 fully saturated rings. The first kappa shape index (κ1) is 12.4. The number of carbonyl (C=O) groups is 1. The van der Waals surface area contributed by atoms with Crippen LogP contribution in [0.5, 0.6) is 0 Å². The summed E-state index contributed by atoms with van der Waals surface area (Å²) in [7, 11) is 0. The molecule has 0 radical (unpaired) electrons. The highest BCUT2D eigenvalue weighted by Gasteiger charge is 2.11. The summed E-state index contributed by atoms with van der Waals surface area (Å²) in [5.41, 5.74) is 1.10. The summed E-state index contributed by atoms with van der Waals surface area (Å²) < 4.78 is 0. The fraction of sp³-hybridized carbons (Fsp3) is 0.286. The van der Waals surface area contributed by atoms with E-state index < -0.39 is 11.4 Å². The third kappa shape index (κ3) is 2.27. The van der Waals surface area contributed by atoms with Crippen LogP contribution in [0.1, 0.15) is 35.7 Å². The lowest BCUT2D eigenvalue weighted by molar-refractivity contribution is 0.0695. The summed E-state index contributed by atoms with van der Waals surface area (Å²) in [6.07, 6.45) is 4.30. The van der Waals surface area contributed by atoms with Crippen molar-refractivity contribution in [1.29, 1.82) is 0 Å². The number of hydrogen-bond donors (Lipinski definition) is 2. The van der Waals surface area contributed by atoms with Crippen LogP contribution in [0, 0.1) is 0 Å². The van der Waals surface area contributed by atoms with Gasteiger partial charge in [0.25, 0.3) is 0 Å². The summed E-state index contributed by atoms with van der Waals surface area (Å²) >= 11 is 0. The number of aryl methyl sites for hydroxylation is 1. The molecule has 4 nitrogen and oxygen atoms in total. The molecule has 18 heavy (non-hydrogen) atoms. The lowest BCUT2D eigenvalue weighted by Crippen LogP contribution is -2.15. The monoisotopic (exact) mass is 245 g/mol. The van der Waals surface area contributed by atoms with Crippen LogP contribution < -0.4 is 5.43 Å². The minimum Gasteiger partial charge on any atom is -0.477 e. The molecule has 94 valence electrons. The number of nitrogens with one attached hydrogen (secondary N) is 1. The fourth-order valence-electron chi connectivity index (χ4n) is 1.96. The molecule has 0 unspecified atom stereocenters. The smallest absolute Gasteiger partial charge is 0.341 e. The molecule has 2 aromatic rings. The number of fused-ring (bicyclic) bond motifs is 1. The van der Waals surface area contributed by atoms with Gasteiger partial charge in [-0.2, -0.15) is 0 Å². The highest BCUT2D eigenvalue weighted by molar-refractivity contribution is 5.92. The molecular formula is C14H15NO3. The first-order valence-electron chi connectivity index (χ1n) is 6.01. The molecule has 0 aliphatic heterocycles. The second kappa shape index (κ2) is 5.04. The van der Waals surface area contributed by atoms with E-state index in [1.807, 2.05) is 12.1 Å². The molecule has 2 N–H and O–H groups in total. The Morgan fingerprint density at radius 2 is 2.17 bits per heavy atom. The Morgan fingerprint density at radius 3 is 2.83 bits per heavy atom. The Balaban J connectivity index is 2.56. The largest absolute Gasteiger partial charge is 0.477 e. The van der Waals surface area contributed by atoms with E-state index >= 15 is 0 Å².